The number of benzene rings is 1. The van der Waals surface area contributed by atoms with Gasteiger partial charge in [-0.25, -0.2) is 4.39 Å². The third-order valence-corrected chi connectivity index (χ3v) is 5.21. The van der Waals surface area contributed by atoms with E-state index in [-0.39, 0.29) is 12.3 Å². The first-order chi connectivity index (χ1) is 14.1. The number of carbonyl (C=O) groups is 2. The van der Waals surface area contributed by atoms with Gasteiger partial charge < -0.3 is 14.7 Å². The summed E-state index contributed by atoms with van der Waals surface area (Å²) in [6, 6.07) is 1.38. The van der Waals surface area contributed by atoms with Crippen LogP contribution in [0.1, 0.15) is 52.2 Å². The van der Waals surface area contributed by atoms with Crippen molar-refractivity contribution in [2.75, 3.05) is 6.54 Å². The van der Waals surface area contributed by atoms with Crippen molar-refractivity contribution in [1.29, 1.82) is 0 Å². The molecule has 1 aromatic heterocycles. The number of hydrogen-bond acceptors (Lipinski definition) is 4. The Kier molecular flexibility index (Phi) is 6.14. The van der Waals surface area contributed by atoms with Gasteiger partial charge in [0.15, 0.2) is 0 Å². The summed E-state index contributed by atoms with van der Waals surface area (Å²) in [6.07, 6.45) is -3.72. The van der Waals surface area contributed by atoms with Crippen LogP contribution < -0.4 is 5.32 Å². The Morgan fingerprint density at radius 1 is 1.30 bits per heavy atom. The van der Waals surface area contributed by atoms with Crippen molar-refractivity contribution >= 4 is 11.8 Å². The molecule has 3 rings (SSSR count). The number of nitrogens with one attached hydrogen (secondary N) is 1. The number of amides is 2. The zero-order chi connectivity index (χ0) is 22.1. The standard InChI is InChI=1S/C20H21F4N3O3/c1-11-16(12(2)30-26-11)10-27-8-7-14(4-6-18(27)28)25-19(29)15-5-3-13(9-17(15)21)20(22,23)24/h3,5,9,14H,4,6-8,10H2,1-2H3,(H,25,29). The highest BCUT2D eigenvalue weighted by atomic mass is 19.4. The number of aromatic nitrogens is 1. The molecule has 162 valence electrons. The number of carbonyl (C=O) groups excluding carboxylic acids is 2. The van der Waals surface area contributed by atoms with E-state index in [0.717, 1.165) is 11.6 Å². The summed E-state index contributed by atoms with van der Waals surface area (Å²) in [5.74, 6) is -1.51. The highest BCUT2D eigenvalue weighted by Crippen LogP contribution is 2.30. The van der Waals surface area contributed by atoms with Gasteiger partial charge in [-0.05, 0) is 44.9 Å². The van der Waals surface area contributed by atoms with Gasteiger partial charge >= 0.3 is 6.18 Å². The van der Waals surface area contributed by atoms with Crippen molar-refractivity contribution in [2.24, 2.45) is 0 Å². The maximum Gasteiger partial charge on any atom is 0.416 e. The molecule has 1 unspecified atom stereocenters. The van der Waals surface area contributed by atoms with Gasteiger partial charge in [0.25, 0.3) is 5.91 Å². The van der Waals surface area contributed by atoms with Crippen molar-refractivity contribution in [3.05, 3.63) is 52.2 Å². The molecule has 2 aromatic rings. The minimum absolute atomic E-state index is 0.0903. The highest BCUT2D eigenvalue weighted by molar-refractivity contribution is 5.94. The van der Waals surface area contributed by atoms with E-state index >= 15 is 0 Å². The van der Waals surface area contributed by atoms with E-state index in [9.17, 15) is 27.2 Å². The molecule has 2 amide bonds. The van der Waals surface area contributed by atoms with Crippen molar-refractivity contribution < 1.29 is 31.7 Å². The first kappa shape index (κ1) is 21.8. The fraction of sp³-hybridized carbons (Fsp3) is 0.450. The summed E-state index contributed by atoms with van der Waals surface area (Å²) >= 11 is 0. The number of nitrogens with zero attached hydrogens (tertiary/aromatic N) is 2. The Morgan fingerprint density at radius 3 is 2.63 bits per heavy atom. The van der Waals surface area contributed by atoms with Gasteiger partial charge in [0, 0.05) is 24.6 Å². The summed E-state index contributed by atoms with van der Waals surface area (Å²) in [5.41, 5.74) is -0.0948. The molecule has 30 heavy (non-hydrogen) atoms. The van der Waals surface area contributed by atoms with Crippen molar-refractivity contribution in [3.63, 3.8) is 0 Å². The maximum atomic E-state index is 14.0. The minimum Gasteiger partial charge on any atom is -0.361 e. The Hall–Kier alpha value is -2.91. The largest absolute Gasteiger partial charge is 0.416 e. The van der Waals surface area contributed by atoms with Crippen LogP contribution in [-0.4, -0.2) is 34.5 Å². The molecular formula is C20H21F4N3O3. The fourth-order valence-corrected chi connectivity index (χ4v) is 3.41. The van der Waals surface area contributed by atoms with Gasteiger partial charge in [0.1, 0.15) is 11.6 Å². The summed E-state index contributed by atoms with van der Waals surface area (Å²) in [7, 11) is 0. The number of likely N-dealkylation sites (tertiary alicyclic amines) is 1. The molecule has 0 spiro atoms. The molecule has 2 heterocycles. The highest BCUT2D eigenvalue weighted by Gasteiger charge is 2.32. The number of aryl methyl sites for hydroxylation is 2. The molecule has 10 heteroatoms. The van der Waals surface area contributed by atoms with E-state index in [1.54, 1.807) is 18.7 Å². The van der Waals surface area contributed by atoms with Crippen LogP contribution in [0.4, 0.5) is 17.6 Å². The number of hydrogen-bond donors (Lipinski definition) is 1. The Balaban J connectivity index is 1.64. The molecule has 1 aromatic carbocycles. The van der Waals surface area contributed by atoms with Gasteiger partial charge in [-0.1, -0.05) is 5.16 Å². The molecule has 1 fully saturated rings. The predicted octanol–water partition coefficient (Wildman–Crippen LogP) is 3.76. The fourth-order valence-electron chi connectivity index (χ4n) is 3.41. The first-order valence-electron chi connectivity index (χ1n) is 9.43. The SMILES string of the molecule is Cc1noc(C)c1CN1CCC(NC(=O)c2ccc(C(F)(F)F)cc2F)CCC1=O. The Labute approximate surface area is 170 Å². The molecule has 0 radical (unpaired) electrons. The van der Waals surface area contributed by atoms with Crippen LogP contribution in [0.2, 0.25) is 0 Å². The van der Waals surface area contributed by atoms with Crippen LogP contribution in [0.15, 0.2) is 22.7 Å². The lowest BCUT2D eigenvalue weighted by atomic mass is 10.1. The van der Waals surface area contributed by atoms with Gasteiger partial charge in [-0.3, -0.25) is 9.59 Å². The van der Waals surface area contributed by atoms with E-state index < -0.39 is 35.1 Å². The van der Waals surface area contributed by atoms with Gasteiger partial charge in [-0.15, -0.1) is 0 Å². The van der Waals surface area contributed by atoms with Crippen molar-refractivity contribution in [3.8, 4) is 0 Å². The predicted molar refractivity (Wildman–Crippen MR) is 97.9 cm³/mol. The third kappa shape index (κ3) is 4.80. The zero-order valence-electron chi connectivity index (χ0n) is 16.5. The van der Waals surface area contributed by atoms with Gasteiger partial charge in [0.05, 0.1) is 23.4 Å². The molecular weight excluding hydrogens is 406 g/mol. The van der Waals surface area contributed by atoms with E-state index in [2.05, 4.69) is 10.5 Å². The summed E-state index contributed by atoms with van der Waals surface area (Å²) < 4.78 is 57.1. The van der Waals surface area contributed by atoms with Gasteiger partial charge in [-0.2, -0.15) is 13.2 Å². The van der Waals surface area contributed by atoms with Crippen LogP contribution in [-0.2, 0) is 17.5 Å². The van der Waals surface area contributed by atoms with Crippen LogP contribution in [0, 0.1) is 19.7 Å². The second-order valence-electron chi connectivity index (χ2n) is 7.31. The van der Waals surface area contributed by atoms with E-state index in [1.165, 1.54) is 0 Å². The number of halogens is 4. The summed E-state index contributed by atoms with van der Waals surface area (Å²) in [5, 5.41) is 6.50. The average Bonchev–Trinajstić information content (AvgIpc) is 2.88. The maximum absolute atomic E-state index is 14.0. The van der Waals surface area contributed by atoms with Crippen molar-refractivity contribution in [1.82, 2.24) is 15.4 Å². The molecule has 0 aliphatic carbocycles. The van der Waals surface area contributed by atoms with Crippen LogP contribution in [0.5, 0.6) is 0 Å². The monoisotopic (exact) mass is 427 g/mol. The topological polar surface area (TPSA) is 75.4 Å². The molecule has 1 saturated heterocycles. The normalized spacial score (nSPS) is 17.7. The Bertz CT molecular complexity index is 936. The zero-order valence-corrected chi connectivity index (χ0v) is 16.5. The lowest BCUT2D eigenvalue weighted by molar-refractivity contribution is -0.137. The minimum atomic E-state index is -4.69. The van der Waals surface area contributed by atoms with E-state index in [0.29, 0.717) is 49.5 Å². The first-order valence-corrected chi connectivity index (χ1v) is 9.43. The lowest BCUT2D eigenvalue weighted by Crippen LogP contribution is -2.36. The molecule has 1 aliphatic heterocycles. The molecule has 1 N–H and O–H groups in total. The van der Waals surface area contributed by atoms with Crippen LogP contribution in [0.3, 0.4) is 0 Å². The molecule has 6 nitrogen and oxygen atoms in total. The molecule has 0 saturated carbocycles. The number of alkyl halides is 3. The van der Waals surface area contributed by atoms with Crippen molar-refractivity contribution in [2.45, 2.75) is 51.9 Å². The third-order valence-electron chi connectivity index (χ3n) is 5.21. The summed E-state index contributed by atoms with van der Waals surface area (Å²) in [6.45, 7) is 4.26. The van der Waals surface area contributed by atoms with E-state index in [1.807, 2.05) is 0 Å². The lowest BCUT2D eigenvalue weighted by Gasteiger charge is -2.21. The second-order valence-corrected chi connectivity index (χ2v) is 7.31. The smallest absolute Gasteiger partial charge is 0.361 e. The second kappa shape index (κ2) is 8.45. The Morgan fingerprint density at radius 2 is 2.03 bits per heavy atom. The van der Waals surface area contributed by atoms with Crippen LogP contribution >= 0.6 is 0 Å². The number of rotatable bonds is 4. The summed E-state index contributed by atoms with van der Waals surface area (Å²) in [4.78, 5) is 26.5. The van der Waals surface area contributed by atoms with E-state index in [4.69, 9.17) is 4.52 Å². The molecule has 1 atom stereocenters. The molecule has 0 bridgehead atoms. The van der Waals surface area contributed by atoms with Gasteiger partial charge in [0.2, 0.25) is 5.91 Å². The quantitative estimate of drug-likeness (QED) is 0.754. The van der Waals surface area contributed by atoms with Crippen LogP contribution in [0.25, 0.3) is 0 Å². The average molecular weight is 427 g/mol. The molecule has 1 aliphatic rings.